The molecular formula is C12H25NO2. The summed E-state index contributed by atoms with van der Waals surface area (Å²) in [7, 11) is 1.57. The first kappa shape index (κ1) is 14.6. The van der Waals surface area contributed by atoms with Gasteiger partial charge in [-0.2, -0.15) is 0 Å². The molecule has 90 valence electrons. The van der Waals surface area contributed by atoms with Gasteiger partial charge in [0.25, 0.3) is 0 Å². The topological polar surface area (TPSA) is 29.5 Å². The molecule has 0 fully saturated rings. The monoisotopic (exact) mass is 215 g/mol. The maximum atomic E-state index is 11.4. The van der Waals surface area contributed by atoms with Crippen molar-refractivity contribution in [1.29, 1.82) is 0 Å². The number of ether oxygens (including phenoxy) is 1. The lowest BCUT2D eigenvalue weighted by Gasteiger charge is -2.20. The number of methoxy groups -OCH3 is 1. The van der Waals surface area contributed by atoms with Crippen LogP contribution in [-0.4, -0.2) is 44.0 Å². The van der Waals surface area contributed by atoms with Crippen molar-refractivity contribution >= 4 is 5.78 Å². The van der Waals surface area contributed by atoms with Gasteiger partial charge < -0.3 is 4.74 Å². The van der Waals surface area contributed by atoms with Crippen LogP contribution in [0.25, 0.3) is 0 Å². The van der Waals surface area contributed by atoms with Crippen LogP contribution in [0.5, 0.6) is 0 Å². The van der Waals surface area contributed by atoms with Crippen molar-refractivity contribution < 1.29 is 9.53 Å². The Kier molecular flexibility index (Phi) is 9.84. The zero-order chi connectivity index (χ0) is 11.5. The number of carbonyl (C=O) groups is 1. The number of ketones is 1. The molecule has 0 N–H and O–H groups in total. The van der Waals surface area contributed by atoms with Gasteiger partial charge in [0.15, 0.2) is 5.78 Å². The van der Waals surface area contributed by atoms with E-state index in [9.17, 15) is 4.79 Å². The fraction of sp³-hybridized carbons (Fsp3) is 0.917. The molecule has 0 aromatic rings. The molecule has 0 aromatic heterocycles. The first-order valence-electron chi connectivity index (χ1n) is 5.97. The van der Waals surface area contributed by atoms with Crippen molar-refractivity contribution in [2.45, 2.75) is 39.5 Å². The highest BCUT2D eigenvalue weighted by atomic mass is 16.5. The van der Waals surface area contributed by atoms with E-state index in [1.54, 1.807) is 7.11 Å². The second-order valence-electron chi connectivity index (χ2n) is 3.95. The van der Waals surface area contributed by atoms with Gasteiger partial charge in [-0.3, -0.25) is 9.69 Å². The Morgan fingerprint density at radius 1 is 1.13 bits per heavy atom. The van der Waals surface area contributed by atoms with E-state index in [1.807, 2.05) is 0 Å². The minimum absolute atomic E-state index is 0.185. The minimum Gasteiger partial charge on any atom is -0.377 e. The molecule has 0 aliphatic carbocycles. The maximum absolute atomic E-state index is 11.4. The van der Waals surface area contributed by atoms with Crippen molar-refractivity contribution in [3.8, 4) is 0 Å². The third-order valence-corrected chi connectivity index (χ3v) is 2.36. The Morgan fingerprint density at radius 3 is 2.07 bits per heavy atom. The summed E-state index contributed by atoms with van der Waals surface area (Å²) in [6.45, 7) is 7.21. The van der Waals surface area contributed by atoms with E-state index >= 15 is 0 Å². The SMILES string of the molecule is CCCCN(CCCC)CC(=O)COC. The van der Waals surface area contributed by atoms with Gasteiger partial charge in [-0.15, -0.1) is 0 Å². The summed E-state index contributed by atoms with van der Waals surface area (Å²) in [6, 6.07) is 0. The first-order valence-corrected chi connectivity index (χ1v) is 5.97. The minimum atomic E-state index is 0.185. The Labute approximate surface area is 93.8 Å². The van der Waals surface area contributed by atoms with Gasteiger partial charge in [-0.1, -0.05) is 26.7 Å². The van der Waals surface area contributed by atoms with Crippen LogP contribution < -0.4 is 0 Å². The molecule has 0 aromatic carbocycles. The lowest BCUT2D eigenvalue weighted by molar-refractivity contribution is -0.123. The molecule has 3 heteroatoms. The summed E-state index contributed by atoms with van der Waals surface area (Å²) >= 11 is 0. The quantitative estimate of drug-likeness (QED) is 0.559. The van der Waals surface area contributed by atoms with Crippen LogP contribution in [0.4, 0.5) is 0 Å². The van der Waals surface area contributed by atoms with E-state index in [0.717, 1.165) is 13.1 Å². The second kappa shape index (κ2) is 10.1. The van der Waals surface area contributed by atoms with Crippen LogP contribution in [0.3, 0.4) is 0 Å². The average molecular weight is 215 g/mol. The molecule has 0 unspecified atom stereocenters. The Balaban J connectivity index is 3.82. The number of hydrogen-bond acceptors (Lipinski definition) is 3. The number of hydrogen-bond donors (Lipinski definition) is 0. The standard InChI is InChI=1S/C12H25NO2/c1-4-6-8-13(9-7-5-2)10-12(14)11-15-3/h4-11H2,1-3H3. The summed E-state index contributed by atoms with van der Waals surface area (Å²) in [4.78, 5) is 13.7. The summed E-state index contributed by atoms with van der Waals surface area (Å²) < 4.78 is 4.84. The number of unbranched alkanes of at least 4 members (excludes halogenated alkanes) is 2. The fourth-order valence-corrected chi connectivity index (χ4v) is 1.49. The smallest absolute Gasteiger partial charge is 0.172 e. The highest BCUT2D eigenvalue weighted by Crippen LogP contribution is 1.99. The molecule has 0 saturated heterocycles. The molecular weight excluding hydrogens is 190 g/mol. The van der Waals surface area contributed by atoms with Crippen molar-refractivity contribution in [2.75, 3.05) is 33.4 Å². The highest BCUT2D eigenvalue weighted by Gasteiger charge is 2.09. The maximum Gasteiger partial charge on any atom is 0.172 e. The van der Waals surface area contributed by atoms with E-state index < -0.39 is 0 Å². The molecule has 0 aliphatic rings. The Morgan fingerprint density at radius 2 is 1.67 bits per heavy atom. The lowest BCUT2D eigenvalue weighted by Crippen LogP contribution is -2.33. The van der Waals surface area contributed by atoms with E-state index in [2.05, 4.69) is 18.7 Å². The molecule has 15 heavy (non-hydrogen) atoms. The summed E-state index contributed by atoms with van der Waals surface area (Å²) in [5.74, 6) is 0.185. The average Bonchev–Trinajstić information content (AvgIpc) is 2.22. The van der Waals surface area contributed by atoms with Gasteiger partial charge in [0.1, 0.15) is 6.61 Å². The molecule has 0 rings (SSSR count). The van der Waals surface area contributed by atoms with Gasteiger partial charge in [0.05, 0.1) is 6.54 Å². The summed E-state index contributed by atoms with van der Waals surface area (Å²) in [5.41, 5.74) is 0. The van der Waals surface area contributed by atoms with Crippen molar-refractivity contribution in [3.63, 3.8) is 0 Å². The van der Waals surface area contributed by atoms with Crippen molar-refractivity contribution in [3.05, 3.63) is 0 Å². The third-order valence-electron chi connectivity index (χ3n) is 2.36. The number of nitrogens with zero attached hydrogens (tertiary/aromatic N) is 1. The predicted molar refractivity (Wildman–Crippen MR) is 63.1 cm³/mol. The lowest BCUT2D eigenvalue weighted by atomic mass is 10.2. The fourth-order valence-electron chi connectivity index (χ4n) is 1.49. The third kappa shape index (κ3) is 8.58. The second-order valence-corrected chi connectivity index (χ2v) is 3.95. The predicted octanol–water partition coefficient (Wildman–Crippen LogP) is 2.10. The van der Waals surface area contributed by atoms with Crippen LogP contribution in [-0.2, 0) is 9.53 Å². The van der Waals surface area contributed by atoms with E-state index in [4.69, 9.17) is 4.74 Å². The van der Waals surface area contributed by atoms with E-state index in [-0.39, 0.29) is 12.4 Å². The van der Waals surface area contributed by atoms with Gasteiger partial charge in [-0.25, -0.2) is 0 Å². The van der Waals surface area contributed by atoms with Gasteiger partial charge in [-0.05, 0) is 25.9 Å². The molecule has 0 amide bonds. The van der Waals surface area contributed by atoms with Crippen LogP contribution in [0, 0.1) is 0 Å². The van der Waals surface area contributed by atoms with Crippen molar-refractivity contribution in [1.82, 2.24) is 4.90 Å². The molecule has 3 nitrogen and oxygen atoms in total. The van der Waals surface area contributed by atoms with Gasteiger partial charge in [0, 0.05) is 7.11 Å². The van der Waals surface area contributed by atoms with Crippen LogP contribution in [0.1, 0.15) is 39.5 Å². The van der Waals surface area contributed by atoms with Crippen molar-refractivity contribution in [2.24, 2.45) is 0 Å². The molecule has 0 heterocycles. The molecule has 0 bridgehead atoms. The number of carbonyl (C=O) groups excluding carboxylic acids is 1. The normalized spacial score (nSPS) is 10.9. The van der Waals surface area contributed by atoms with Crippen LogP contribution >= 0.6 is 0 Å². The zero-order valence-corrected chi connectivity index (χ0v) is 10.4. The highest BCUT2D eigenvalue weighted by molar-refractivity contribution is 5.81. The Hall–Kier alpha value is -0.410. The summed E-state index contributed by atoms with van der Waals surface area (Å²) in [6.07, 6.45) is 4.70. The molecule has 0 saturated carbocycles. The zero-order valence-electron chi connectivity index (χ0n) is 10.4. The molecule has 0 atom stereocenters. The number of rotatable bonds is 10. The molecule has 0 aliphatic heterocycles. The van der Waals surface area contributed by atoms with E-state index in [1.165, 1.54) is 25.7 Å². The Bertz CT molecular complexity index is 152. The van der Waals surface area contributed by atoms with Crippen LogP contribution in [0.15, 0.2) is 0 Å². The van der Waals surface area contributed by atoms with Gasteiger partial charge in [0.2, 0.25) is 0 Å². The summed E-state index contributed by atoms with van der Waals surface area (Å²) in [5, 5.41) is 0. The first-order chi connectivity index (χ1) is 7.24. The molecule has 0 radical (unpaired) electrons. The van der Waals surface area contributed by atoms with Crippen LogP contribution in [0.2, 0.25) is 0 Å². The largest absolute Gasteiger partial charge is 0.377 e. The molecule has 0 spiro atoms. The van der Waals surface area contributed by atoms with Gasteiger partial charge >= 0.3 is 0 Å². The number of Topliss-reactive ketones (excluding diaryl/α,β-unsaturated/α-hetero) is 1. The van der Waals surface area contributed by atoms with E-state index in [0.29, 0.717) is 6.54 Å².